The van der Waals surface area contributed by atoms with Gasteiger partial charge in [0.05, 0.1) is 6.04 Å². The number of carbonyl (C=O) groups is 1. The van der Waals surface area contributed by atoms with Crippen LogP contribution in [0.15, 0.2) is 24.3 Å². The monoisotopic (exact) mass is 207 g/mol. The average Bonchev–Trinajstić information content (AvgIpc) is 2.67. The summed E-state index contributed by atoms with van der Waals surface area (Å²) in [7, 11) is 0. The minimum absolute atomic E-state index is 0.0989. The lowest BCUT2D eigenvalue weighted by molar-refractivity contribution is -0.129. The average molecular weight is 207 g/mol. The minimum Gasteiger partial charge on any atom is -0.336 e. The molecule has 0 N–H and O–H groups in total. The van der Waals surface area contributed by atoms with Crippen LogP contribution in [0.2, 0.25) is 0 Å². The highest BCUT2D eigenvalue weighted by molar-refractivity contribution is 5.74. The van der Waals surface area contributed by atoms with Crippen LogP contribution in [-0.2, 0) is 4.79 Å². The number of amides is 1. The summed E-state index contributed by atoms with van der Waals surface area (Å²) in [6, 6.07) is 6.57. The van der Waals surface area contributed by atoms with E-state index in [-0.39, 0.29) is 17.8 Å². The highest BCUT2D eigenvalue weighted by atomic mass is 19.1. The van der Waals surface area contributed by atoms with Gasteiger partial charge >= 0.3 is 0 Å². The number of likely N-dealkylation sites (tertiary alicyclic amines) is 1. The van der Waals surface area contributed by atoms with Crippen LogP contribution < -0.4 is 0 Å². The van der Waals surface area contributed by atoms with Crippen molar-refractivity contribution >= 4 is 5.91 Å². The predicted molar refractivity (Wildman–Crippen MR) is 55.8 cm³/mol. The summed E-state index contributed by atoms with van der Waals surface area (Å²) in [6.07, 6.45) is 2.01. The Kier molecular flexibility index (Phi) is 2.71. The lowest BCUT2D eigenvalue weighted by atomic mass is 10.0. The molecule has 0 aromatic heterocycles. The standard InChI is InChI=1S/C12H14FNO/c1-9(15)14-8-2-3-12(14)10-4-6-11(13)7-5-10/h4-7,12H,2-3,8H2,1H3/t12-/m0/s1. The van der Waals surface area contributed by atoms with Crippen molar-refractivity contribution in [2.24, 2.45) is 0 Å². The van der Waals surface area contributed by atoms with Crippen LogP contribution >= 0.6 is 0 Å². The zero-order valence-corrected chi connectivity index (χ0v) is 8.74. The normalized spacial score (nSPS) is 20.7. The largest absolute Gasteiger partial charge is 0.336 e. The maximum atomic E-state index is 12.7. The van der Waals surface area contributed by atoms with Gasteiger partial charge in [0.1, 0.15) is 5.82 Å². The fourth-order valence-electron chi connectivity index (χ4n) is 2.18. The van der Waals surface area contributed by atoms with Gasteiger partial charge in [0.2, 0.25) is 5.91 Å². The maximum Gasteiger partial charge on any atom is 0.219 e. The summed E-state index contributed by atoms with van der Waals surface area (Å²) in [4.78, 5) is 13.2. The Morgan fingerprint density at radius 2 is 2.07 bits per heavy atom. The third kappa shape index (κ3) is 2.01. The molecule has 3 heteroatoms. The molecule has 0 aliphatic carbocycles. The molecule has 1 aromatic carbocycles. The maximum absolute atomic E-state index is 12.7. The van der Waals surface area contributed by atoms with E-state index in [1.807, 2.05) is 4.90 Å². The smallest absolute Gasteiger partial charge is 0.219 e. The molecule has 2 rings (SSSR count). The molecule has 80 valence electrons. The molecule has 1 aliphatic heterocycles. The van der Waals surface area contributed by atoms with Gasteiger partial charge in [-0.3, -0.25) is 4.79 Å². The van der Waals surface area contributed by atoms with Gasteiger partial charge < -0.3 is 4.90 Å². The Hall–Kier alpha value is -1.38. The number of halogens is 1. The molecular weight excluding hydrogens is 193 g/mol. The minimum atomic E-state index is -0.230. The van der Waals surface area contributed by atoms with E-state index in [0.717, 1.165) is 24.9 Å². The molecular formula is C12H14FNO. The highest BCUT2D eigenvalue weighted by Gasteiger charge is 2.27. The van der Waals surface area contributed by atoms with Gasteiger partial charge in [-0.15, -0.1) is 0 Å². The Morgan fingerprint density at radius 3 is 2.67 bits per heavy atom. The first-order chi connectivity index (χ1) is 7.18. The summed E-state index contributed by atoms with van der Waals surface area (Å²) >= 11 is 0. The number of rotatable bonds is 1. The summed E-state index contributed by atoms with van der Waals surface area (Å²) < 4.78 is 12.7. The Balaban J connectivity index is 2.22. The topological polar surface area (TPSA) is 20.3 Å². The van der Waals surface area contributed by atoms with Gasteiger partial charge in [0.15, 0.2) is 0 Å². The SMILES string of the molecule is CC(=O)N1CCC[C@H]1c1ccc(F)cc1. The lowest BCUT2D eigenvalue weighted by Gasteiger charge is -2.23. The first-order valence-electron chi connectivity index (χ1n) is 5.21. The van der Waals surface area contributed by atoms with Gasteiger partial charge in [-0.05, 0) is 30.5 Å². The predicted octanol–water partition coefficient (Wildman–Crippen LogP) is 2.51. The summed E-state index contributed by atoms with van der Waals surface area (Å²) in [5, 5.41) is 0. The molecule has 1 aromatic rings. The summed E-state index contributed by atoms with van der Waals surface area (Å²) in [5.74, 6) is -0.132. The fourth-order valence-corrected chi connectivity index (χ4v) is 2.18. The van der Waals surface area contributed by atoms with Crippen LogP contribution in [0.1, 0.15) is 31.4 Å². The number of benzene rings is 1. The van der Waals surface area contributed by atoms with Crippen molar-refractivity contribution in [2.75, 3.05) is 6.54 Å². The fraction of sp³-hybridized carbons (Fsp3) is 0.417. The molecule has 1 saturated heterocycles. The van der Waals surface area contributed by atoms with Gasteiger partial charge in [-0.1, -0.05) is 12.1 Å². The molecule has 1 aliphatic rings. The quantitative estimate of drug-likeness (QED) is 0.693. The summed E-state index contributed by atoms with van der Waals surface area (Å²) in [5.41, 5.74) is 1.03. The molecule has 1 fully saturated rings. The van der Waals surface area contributed by atoms with Gasteiger partial charge in [0, 0.05) is 13.5 Å². The second kappa shape index (κ2) is 4.01. The third-order valence-corrected chi connectivity index (χ3v) is 2.91. The van der Waals surface area contributed by atoms with Crippen molar-refractivity contribution < 1.29 is 9.18 Å². The highest BCUT2D eigenvalue weighted by Crippen LogP contribution is 2.31. The van der Waals surface area contributed by atoms with E-state index >= 15 is 0 Å². The van der Waals surface area contributed by atoms with Crippen LogP contribution in [0.25, 0.3) is 0 Å². The Bertz CT molecular complexity index is 360. The number of nitrogens with zero attached hydrogens (tertiary/aromatic N) is 1. The first-order valence-corrected chi connectivity index (χ1v) is 5.21. The van der Waals surface area contributed by atoms with Gasteiger partial charge in [-0.25, -0.2) is 4.39 Å². The molecule has 1 heterocycles. The molecule has 0 spiro atoms. The molecule has 0 unspecified atom stereocenters. The van der Waals surface area contributed by atoms with E-state index in [1.54, 1.807) is 19.1 Å². The van der Waals surface area contributed by atoms with Crippen LogP contribution in [0.5, 0.6) is 0 Å². The van der Waals surface area contributed by atoms with E-state index in [1.165, 1.54) is 12.1 Å². The van der Waals surface area contributed by atoms with Crippen LogP contribution in [0.4, 0.5) is 4.39 Å². The zero-order valence-electron chi connectivity index (χ0n) is 8.74. The van der Waals surface area contributed by atoms with Crippen molar-refractivity contribution in [2.45, 2.75) is 25.8 Å². The van der Waals surface area contributed by atoms with E-state index < -0.39 is 0 Å². The molecule has 15 heavy (non-hydrogen) atoms. The van der Waals surface area contributed by atoms with Crippen molar-refractivity contribution in [3.05, 3.63) is 35.6 Å². The van der Waals surface area contributed by atoms with Crippen LogP contribution in [-0.4, -0.2) is 17.4 Å². The van der Waals surface area contributed by atoms with Crippen molar-refractivity contribution in [1.82, 2.24) is 4.90 Å². The number of hydrogen-bond acceptors (Lipinski definition) is 1. The van der Waals surface area contributed by atoms with E-state index in [2.05, 4.69) is 0 Å². The van der Waals surface area contributed by atoms with Crippen molar-refractivity contribution in [3.63, 3.8) is 0 Å². The zero-order chi connectivity index (χ0) is 10.8. The van der Waals surface area contributed by atoms with E-state index in [9.17, 15) is 9.18 Å². The number of carbonyl (C=O) groups excluding carboxylic acids is 1. The number of hydrogen-bond donors (Lipinski definition) is 0. The molecule has 1 atom stereocenters. The van der Waals surface area contributed by atoms with E-state index in [0.29, 0.717) is 0 Å². The van der Waals surface area contributed by atoms with Gasteiger partial charge in [0.25, 0.3) is 0 Å². The first kappa shape index (κ1) is 10.1. The Labute approximate surface area is 88.7 Å². The van der Waals surface area contributed by atoms with Gasteiger partial charge in [-0.2, -0.15) is 0 Å². The van der Waals surface area contributed by atoms with Crippen molar-refractivity contribution in [3.8, 4) is 0 Å². The Morgan fingerprint density at radius 1 is 1.40 bits per heavy atom. The second-order valence-corrected chi connectivity index (χ2v) is 3.92. The molecule has 2 nitrogen and oxygen atoms in total. The van der Waals surface area contributed by atoms with Crippen LogP contribution in [0, 0.1) is 5.82 Å². The molecule has 1 amide bonds. The van der Waals surface area contributed by atoms with E-state index in [4.69, 9.17) is 0 Å². The third-order valence-electron chi connectivity index (χ3n) is 2.91. The molecule has 0 radical (unpaired) electrons. The molecule has 0 bridgehead atoms. The van der Waals surface area contributed by atoms with Crippen LogP contribution in [0.3, 0.4) is 0 Å². The van der Waals surface area contributed by atoms with Crippen molar-refractivity contribution in [1.29, 1.82) is 0 Å². The lowest BCUT2D eigenvalue weighted by Crippen LogP contribution is -2.27. The summed E-state index contributed by atoms with van der Waals surface area (Å²) in [6.45, 7) is 2.40. The molecule has 0 saturated carbocycles. The second-order valence-electron chi connectivity index (χ2n) is 3.92.